The van der Waals surface area contributed by atoms with Gasteiger partial charge in [-0.2, -0.15) is 0 Å². The molecule has 0 aliphatic heterocycles. The number of fused-ring (bicyclic) bond motifs is 5. The molecular weight excluding hydrogens is 276 g/mol. The number of benzene rings is 1. The van der Waals surface area contributed by atoms with Crippen molar-refractivity contribution in [2.24, 2.45) is 23.2 Å². The zero-order valence-electron chi connectivity index (χ0n) is 13.4. The summed E-state index contributed by atoms with van der Waals surface area (Å²) < 4.78 is 0. The predicted molar refractivity (Wildman–Crippen MR) is 84.9 cm³/mol. The maximum Gasteiger partial charge on any atom is 0.157 e. The fourth-order valence-electron chi connectivity index (χ4n) is 5.96. The number of hydrogen-bond acceptors (Lipinski definition) is 3. The van der Waals surface area contributed by atoms with E-state index in [0.717, 1.165) is 32.1 Å². The van der Waals surface area contributed by atoms with Gasteiger partial charge in [-0.05, 0) is 84.5 Å². The maximum atomic E-state index is 10.5. The average Bonchev–Trinajstić information content (AvgIpc) is 2.77. The van der Waals surface area contributed by atoms with E-state index in [-0.39, 0.29) is 23.0 Å². The Hall–Kier alpha value is -1.22. The molecule has 0 saturated heterocycles. The molecule has 0 amide bonds. The van der Waals surface area contributed by atoms with Gasteiger partial charge in [-0.3, -0.25) is 0 Å². The molecule has 0 spiro atoms. The zero-order valence-corrected chi connectivity index (χ0v) is 13.4. The van der Waals surface area contributed by atoms with Gasteiger partial charge in [-0.25, -0.2) is 0 Å². The van der Waals surface area contributed by atoms with Crippen LogP contribution in [0.2, 0.25) is 0 Å². The summed E-state index contributed by atoms with van der Waals surface area (Å²) in [5.74, 6) is 2.21. The first-order valence-electron chi connectivity index (χ1n) is 8.64. The lowest BCUT2D eigenvalue weighted by molar-refractivity contribution is -0.0356. The molecule has 3 heteroatoms. The Kier molecular flexibility index (Phi) is 3.03. The third kappa shape index (κ3) is 1.78. The minimum absolute atomic E-state index is 0.00124. The van der Waals surface area contributed by atoms with Crippen molar-refractivity contribution in [2.45, 2.75) is 58.0 Å². The third-order valence-electron chi connectivity index (χ3n) is 7.12. The highest BCUT2D eigenvalue weighted by Gasteiger charge is 2.56. The second-order valence-electron chi connectivity index (χ2n) is 8.15. The Morgan fingerprint density at radius 2 is 1.82 bits per heavy atom. The quantitative estimate of drug-likeness (QED) is 0.642. The van der Waals surface area contributed by atoms with E-state index in [2.05, 4.69) is 13.8 Å². The van der Waals surface area contributed by atoms with Crippen LogP contribution < -0.4 is 0 Å². The number of phenols is 2. The van der Waals surface area contributed by atoms with E-state index in [4.69, 9.17) is 0 Å². The Labute approximate surface area is 132 Å². The minimum Gasteiger partial charge on any atom is -0.504 e. The molecule has 0 heterocycles. The molecule has 6 atom stereocenters. The molecule has 120 valence electrons. The van der Waals surface area contributed by atoms with Gasteiger partial charge in [-0.1, -0.05) is 13.8 Å². The predicted octanol–water partition coefficient (Wildman–Crippen LogP) is 3.56. The zero-order chi connectivity index (χ0) is 15.6. The van der Waals surface area contributed by atoms with Crippen LogP contribution in [0.15, 0.2) is 12.1 Å². The number of aromatic hydroxyl groups is 2. The first-order valence-corrected chi connectivity index (χ1v) is 8.64. The maximum absolute atomic E-state index is 10.5. The van der Waals surface area contributed by atoms with Crippen LogP contribution in [0, 0.1) is 23.2 Å². The van der Waals surface area contributed by atoms with E-state index in [1.165, 1.54) is 11.1 Å². The second-order valence-corrected chi connectivity index (χ2v) is 8.15. The lowest BCUT2D eigenvalue weighted by atomic mass is 9.53. The average molecular weight is 302 g/mol. The third-order valence-corrected chi connectivity index (χ3v) is 7.12. The van der Waals surface area contributed by atoms with Crippen molar-refractivity contribution in [3.05, 3.63) is 23.3 Å². The summed E-state index contributed by atoms with van der Waals surface area (Å²) in [4.78, 5) is 0. The van der Waals surface area contributed by atoms with E-state index < -0.39 is 0 Å². The lowest BCUT2D eigenvalue weighted by Crippen LogP contribution is -2.46. The number of aliphatic hydroxyl groups is 1. The second kappa shape index (κ2) is 4.64. The van der Waals surface area contributed by atoms with Crippen molar-refractivity contribution in [3.63, 3.8) is 0 Å². The Bertz CT molecular complexity index is 611. The molecule has 3 aliphatic carbocycles. The number of phenolic OH excluding ortho intramolecular Hbond substituents is 2. The Balaban J connectivity index is 1.78. The molecule has 0 radical (unpaired) electrons. The monoisotopic (exact) mass is 302 g/mol. The molecule has 4 rings (SSSR count). The molecule has 0 bridgehead atoms. The summed E-state index contributed by atoms with van der Waals surface area (Å²) in [6.07, 6.45) is 5.02. The van der Waals surface area contributed by atoms with Gasteiger partial charge in [-0.15, -0.1) is 0 Å². The first kappa shape index (κ1) is 14.4. The van der Waals surface area contributed by atoms with Crippen LogP contribution >= 0.6 is 0 Å². The van der Waals surface area contributed by atoms with Crippen LogP contribution in [0.5, 0.6) is 11.5 Å². The van der Waals surface area contributed by atoms with Gasteiger partial charge in [0, 0.05) is 0 Å². The summed E-state index contributed by atoms with van der Waals surface area (Å²) >= 11 is 0. The van der Waals surface area contributed by atoms with Crippen molar-refractivity contribution in [1.29, 1.82) is 0 Å². The summed E-state index contributed by atoms with van der Waals surface area (Å²) in [6.45, 7) is 4.60. The summed E-state index contributed by atoms with van der Waals surface area (Å²) in [7, 11) is 0. The molecule has 2 fully saturated rings. The smallest absolute Gasteiger partial charge is 0.157 e. The molecule has 3 N–H and O–H groups in total. The first-order chi connectivity index (χ1) is 10.4. The number of rotatable bonds is 0. The minimum atomic E-state index is -0.153. The molecule has 1 aromatic carbocycles. The fraction of sp³-hybridized carbons (Fsp3) is 0.684. The molecule has 3 nitrogen and oxygen atoms in total. The van der Waals surface area contributed by atoms with Crippen molar-refractivity contribution in [2.75, 3.05) is 0 Å². The van der Waals surface area contributed by atoms with Gasteiger partial charge in [0.1, 0.15) is 0 Å². The van der Waals surface area contributed by atoms with Gasteiger partial charge in [0.05, 0.1) is 6.10 Å². The van der Waals surface area contributed by atoms with Crippen molar-refractivity contribution < 1.29 is 15.3 Å². The topological polar surface area (TPSA) is 60.7 Å². The van der Waals surface area contributed by atoms with Gasteiger partial charge < -0.3 is 15.3 Å². The van der Waals surface area contributed by atoms with E-state index in [1.807, 2.05) is 0 Å². The van der Waals surface area contributed by atoms with Gasteiger partial charge in [0.2, 0.25) is 0 Å². The van der Waals surface area contributed by atoms with Crippen LogP contribution in [-0.2, 0) is 6.42 Å². The van der Waals surface area contributed by atoms with Crippen LogP contribution in [0.25, 0.3) is 0 Å². The van der Waals surface area contributed by atoms with Crippen LogP contribution in [0.3, 0.4) is 0 Å². The molecule has 2 saturated carbocycles. The largest absolute Gasteiger partial charge is 0.504 e. The SMILES string of the molecule is CC1Cc2cc(O)c(O)cc2[C@H]2CC[C@]3(C)[C@H](O)CC[C@H]3[C@H]12. The van der Waals surface area contributed by atoms with Gasteiger partial charge in [0.15, 0.2) is 11.5 Å². The Morgan fingerprint density at radius 1 is 1.09 bits per heavy atom. The normalized spacial score (nSPS) is 43.3. The fourth-order valence-corrected chi connectivity index (χ4v) is 5.96. The van der Waals surface area contributed by atoms with Crippen LogP contribution in [-0.4, -0.2) is 21.4 Å². The number of aliphatic hydroxyl groups excluding tert-OH is 1. The van der Waals surface area contributed by atoms with Gasteiger partial charge >= 0.3 is 0 Å². The number of hydrogen-bond donors (Lipinski definition) is 3. The van der Waals surface area contributed by atoms with Crippen LogP contribution in [0.4, 0.5) is 0 Å². The molecular formula is C19H26O3. The van der Waals surface area contributed by atoms with E-state index >= 15 is 0 Å². The molecule has 22 heavy (non-hydrogen) atoms. The van der Waals surface area contributed by atoms with Crippen molar-refractivity contribution >= 4 is 0 Å². The standard InChI is InChI=1S/C19H26O3/c1-10-7-11-8-15(20)16(21)9-13(11)12-5-6-19(2)14(18(10)12)3-4-17(19)22/h8-10,12,14,17-18,20-22H,3-7H2,1-2H3/t10?,12-,14+,17-,18-,19+/m1/s1. The summed E-state index contributed by atoms with van der Waals surface area (Å²) in [5.41, 5.74) is 2.51. The molecule has 3 aliphatic rings. The highest BCUT2D eigenvalue weighted by molar-refractivity contribution is 5.48. The summed E-state index contributed by atoms with van der Waals surface area (Å²) in [5, 5.41) is 30.2. The van der Waals surface area contributed by atoms with Crippen LogP contribution in [0.1, 0.15) is 56.6 Å². The van der Waals surface area contributed by atoms with Gasteiger partial charge in [0.25, 0.3) is 0 Å². The van der Waals surface area contributed by atoms with E-state index in [0.29, 0.717) is 23.7 Å². The molecule has 1 unspecified atom stereocenters. The molecule has 0 aromatic heterocycles. The van der Waals surface area contributed by atoms with Crippen molar-refractivity contribution in [3.8, 4) is 11.5 Å². The van der Waals surface area contributed by atoms with E-state index in [9.17, 15) is 15.3 Å². The lowest BCUT2D eigenvalue weighted by Gasteiger charge is -2.52. The Morgan fingerprint density at radius 3 is 2.59 bits per heavy atom. The van der Waals surface area contributed by atoms with E-state index in [1.54, 1.807) is 12.1 Å². The van der Waals surface area contributed by atoms with Crippen molar-refractivity contribution in [1.82, 2.24) is 0 Å². The highest BCUT2D eigenvalue weighted by atomic mass is 16.3. The molecule has 1 aromatic rings. The highest BCUT2D eigenvalue weighted by Crippen LogP contribution is 2.62. The summed E-state index contributed by atoms with van der Waals surface area (Å²) in [6, 6.07) is 3.55.